The average molecular weight is 315 g/mol. The minimum Gasteiger partial charge on any atom is -0.497 e. The molecule has 0 spiro atoms. The van der Waals surface area contributed by atoms with Gasteiger partial charge in [0.1, 0.15) is 5.75 Å². The number of nitrogens with zero attached hydrogens (tertiary/aromatic N) is 2. The lowest BCUT2D eigenvalue weighted by atomic mass is 10.1. The molecule has 0 radical (unpaired) electrons. The summed E-state index contributed by atoms with van der Waals surface area (Å²) < 4.78 is 5.40. The van der Waals surface area contributed by atoms with Gasteiger partial charge in [-0.25, -0.2) is 0 Å². The molecule has 2 rings (SSSR count). The molecule has 126 valence electrons. The van der Waals surface area contributed by atoms with Gasteiger partial charge in [-0.2, -0.15) is 0 Å². The molecule has 0 saturated heterocycles. The molecule has 2 aromatic rings. The Bertz CT molecular complexity index is 615. The molecular weight excluding hydrogens is 286 g/mol. The quantitative estimate of drug-likeness (QED) is 0.754. The molecule has 1 atom stereocenters. The summed E-state index contributed by atoms with van der Waals surface area (Å²) in [6, 6.07) is 8.71. The van der Waals surface area contributed by atoms with Crippen molar-refractivity contribution >= 4 is 16.6 Å². The molecule has 0 unspecified atom stereocenters. The molecule has 4 nitrogen and oxygen atoms in total. The highest BCUT2D eigenvalue weighted by Gasteiger charge is 2.11. The smallest absolute Gasteiger partial charge is 0.121 e. The van der Waals surface area contributed by atoms with Gasteiger partial charge in [0.2, 0.25) is 0 Å². The van der Waals surface area contributed by atoms with Crippen molar-refractivity contribution in [1.82, 2.24) is 9.88 Å². The standard InChI is InChI=1S/C19H29N3O/c1-5-8-15(3)22(6-2)12-11-20-18-14-17(23-4)13-16-9-7-10-21-19(16)18/h7,9-10,13-15,20H,5-6,8,11-12H2,1-4H3/t15-/m0/s1. The minimum atomic E-state index is 0.631. The predicted molar refractivity (Wildman–Crippen MR) is 98.4 cm³/mol. The van der Waals surface area contributed by atoms with Crippen molar-refractivity contribution < 1.29 is 4.74 Å². The summed E-state index contributed by atoms with van der Waals surface area (Å²) in [5.74, 6) is 0.861. The molecule has 1 aromatic heterocycles. The third-order valence-electron chi connectivity index (χ3n) is 4.36. The summed E-state index contributed by atoms with van der Waals surface area (Å²) in [4.78, 5) is 7.03. The zero-order valence-corrected chi connectivity index (χ0v) is 14.8. The van der Waals surface area contributed by atoms with E-state index in [1.807, 2.05) is 24.4 Å². The zero-order chi connectivity index (χ0) is 16.7. The number of hydrogen-bond acceptors (Lipinski definition) is 4. The second-order valence-electron chi connectivity index (χ2n) is 5.94. The van der Waals surface area contributed by atoms with Crippen LogP contribution < -0.4 is 10.1 Å². The highest BCUT2D eigenvalue weighted by atomic mass is 16.5. The van der Waals surface area contributed by atoms with Crippen LogP contribution in [0.3, 0.4) is 0 Å². The van der Waals surface area contributed by atoms with Crippen LogP contribution in [-0.2, 0) is 0 Å². The van der Waals surface area contributed by atoms with Crippen molar-refractivity contribution in [2.24, 2.45) is 0 Å². The van der Waals surface area contributed by atoms with Crippen LogP contribution in [0.25, 0.3) is 10.9 Å². The van der Waals surface area contributed by atoms with Crippen molar-refractivity contribution in [2.45, 2.75) is 39.7 Å². The van der Waals surface area contributed by atoms with Gasteiger partial charge >= 0.3 is 0 Å². The van der Waals surface area contributed by atoms with E-state index < -0.39 is 0 Å². The molecule has 0 amide bonds. The van der Waals surface area contributed by atoms with Gasteiger partial charge in [-0.05, 0) is 32.0 Å². The number of pyridine rings is 1. The van der Waals surface area contributed by atoms with Gasteiger partial charge in [0.15, 0.2) is 0 Å². The maximum Gasteiger partial charge on any atom is 0.121 e. The lowest BCUT2D eigenvalue weighted by Gasteiger charge is -2.27. The van der Waals surface area contributed by atoms with E-state index in [4.69, 9.17) is 4.74 Å². The van der Waals surface area contributed by atoms with Crippen molar-refractivity contribution in [2.75, 3.05) is 32.1 Å². The van der Waals surface area contributed by atoms with Gasteiger partial charge in [-0.15, -0.1) is 0 Å². The molecule has 0 saturated carbocycles. The number of rotatable bonds is 9. The van der Waals surface area contributed by atoms with Gasteiger partial charge in [0, 0.05) is 36.8 Å². The summed E-state index contributed by atoms with van der Waals surface area (Å²) >= 11 is 0. The average Bonchev–Trinajstić information content (AvgIpc) is 2.58. The second-order valence-corrected chi connectivity index (χ2v) is 5.94. The first-order valence-electron chi connectivity index (χ1n) is 8.60. The Hall–Kier alpha value is -1.81. The Morgan fingerprint density at radius 1 is 1.30 bits per heavy atom. The highest BCUT2D eigenvalue weighted by molar-refractivity contribution is 5.91. The molecule has 1 heterocycles. The highest BCUT2D eigenvalue weighted by Crippen LogP contribution is 2.27. The number of likely N-dealkylation sites (N-methyl/N-ethyl adjacent to an activating group) is 1. The monoisotopic (exact) mass is 315 g/mol. The molecule has 0 aliphatic carbocycles. The Kier molecular flexibility index (Phi) is 6.66. The predicted octanol–water partition coefficient (Wildman–Crippen LogP) is 4.17. The molecule has 1 N–H and O–H groups in total. The van der Waals surface area contributed by atoms with Gasteiger partial charge in [-0.1, -0.05) is 26.3 Å². The maximum absolute atomic E-state index is 5.40. The van der Waals surface area contributed by atoms with Crippen LogP contribution in [0.4, 0.5) is 5.69 Å². The topological polar surface area (TPSA) is 37.4 Å². The van der Waals surface area contributed by atoms with Crippen LogP contribution in [0.5, 0.6) is 5.75 Å². The van der Waals surface area contributed by atoms with E-state index in [1.165, 1.54) is 12.8 Å². The van der Waals surface area contributed by atoms with E-state index in [-0.39, 0.29) is 0 Å². The van der Waals surface area contributed by atoms with E-state index in [2.05, 4.69) is 42.0 Å². The van der Waals surface area contributed by atoms with Crippen LogP contribution in [0, 0.1) is 0 Å². The Morgan fingerprint density at radius 3 is 2.83 bits per heavy atom. The molecule has 0 aliphatic heterocycles. The number of nitrogens with one attached hydrogen (secondary N) is 1. The maximum atomic E-state index is 5.40. The van der Waals surface area contributed by atoms with E-state index >= 15 is 0 Å². The number of aromatic nitrogens is 1. The van der Waals surface area contributed by atoms with E-state index in [0.717, 1.165) is 42.0 Å². The SMILES string of the molecule is CCC[C@H](C)N(CC)CCNc1cc(OC)cc2cccnc12. The molecule has 0 fully saturated rings. The molecule has 0 bridgehead atoms. The number of fused-ring (bicyclic) bond motifs is 1. The fourth-order valence-electron chi connectivity index (χ4n) is 3.04. The number of methoxy groups -OCH3 is 1. The first-order valence-corrected chi connectivity index (χ1v) is 8.60. The summed E-state index contributed by atoms with van der Waals surface area (Å²) in [6.45, 7) is 9.81. The fourth-order valence-corrected chi connectivity index (χ4v) is 3.04. The Morgan fingerprint density at radius 2 is 2.13 bits per heavy atom. The van der Waals surface area contributed by atoms with E-state index in [9.17, 15) is 0 Å². The third kappa shape index (κ3) is 4.58. The first-order chi connectivity index (χ1) is 11.2. The number of benzene rings is 1. The molecule has 23 heavy (non-hydrogen) atoms. The number of hydrogen-bond donors (Lipinski definition) is 1. The molecule has 0 aliphatic rings. The van der Waals surface area contributed by atoms with Crippen molar-refractivity contribution in [3.05, 3.63) is 30.5 Å². The molecule has 4 heteroatoms. The number of ether oxygens (including phenoxy) is 1. The van der Waals surface area contributed by atoms with Crippen molar-refractivity contribution in [1.29, 1.82) is 0 Å². The molecular formula is C19H29N3O. The Balaban J connectivity index is 2.06. The van der Waals surface area contributed by atoms with E-state index in [0.29, 0.717) is 6.04 Å². The lowest BCUT2D eigenvalue weighted by Crippen LogP contribution is -2.36. The number of anilines is 1. The summed E-state index contributed by atoms with van der Waals surface area (Å²) in [6.07, 6.45) is 4.31. The normalized spacial score (nSPS) is 12.6. The van der Waals surface area contributed by atoms with Gasteiger partial charge in [-0.3, -0.25) is 9.88 Å². The third-order valence-corrected chi connectivity index (χ3v) is 4.36. The Labute approximate surface area is 139 Å². The first kappa shape index (κ1) is 17.5. The van der Waals surface area contributed by atoms with Gasteiger partial charge in [0.05, 0.1) is 18.3 Å². The van der Waals surface area contributed by atoms with Gasteiger partial charge in [0.25, 0.3) is 0 Å². The second kappa shape index (κ2) is 8.73. The fraction of sp³-hybridized carbons (Fsp3) is 0.526. The summed E-state index contributed by atoms with van der Waals surface area (Å²) in [5.41, 5.74) is 2.04. The van der Waals surface area contributed by atoms with Crippen LogP contribution in [0.2, 0.25) is 0 Å². The van der Waals surface area contributed by atoms with Crippen molar-refractivity contribution in [3.63, 3.8) is 0 Å². The lowest BCUT2D eigenvalue weighted by molar-refractivity contribution is 0.217. The van der Waals surface area contributed by atoms with Crippen LogP contribution in [0.1, 0.15) is 33.6 Å². The summed E-state index contributed by atoms with van der Waals surface area (Å²) in [7, 11) is 1.70. The van der Waals surface area contributed by atoms with Gasteiger partial charge < -0.3 is 10.1 Å². The van der Waals surface area contributed by atoms with E-state index in [1.54, 1.807) is 7.11 Å². The molecule has 1 aromatic carbocycles. The minimum absolute atomic E-state index is 0.631. The van der Waals surface area contributed by atoms with Crippen LogP contribution >= 0.6 is 0 Å². The van der Waals surface area contributed by atoms with Crippen molar-refractivity contribution in [3.8, 4) is 5.75 Å². The summed E-state index contributed by atoms with van der Waals surface area (Å²) in [5, 5.41) is 4.64. The largest absolute Gasteiger partial charge is 0.497 e. The van der Waals surface area contributed by atoms with Crippen LogP contribution in [0.15, 0.2) is 30.5 Å². The zero-order valence-electron chi connectivity index (χ0n) is 14.8. The van der Waals surface area contributed by atoms with Crippen LogP contribution in [-0.4, -0.2) is 42.7 Å².